The second-order valence-electron chi connectivity index (χ2n) is 6.10. The highest BCUT2D eigenvalue weighted by Crippen LogP contribution is 2.32. The summed E-state index contributed by atoms with van der Waals surface area (Å²) in [6.45, 7) is 3.88. The van der Waals surface area contributed by atoms with Crippen LogP contribution in [0.1, 0.15) is 19.8 Å². The number of nitrogens with zero attached hydrogens (tertiary/aromatic N) is 3. The average Bonchev–Trinajstić information content (AvgIpc) is 2.55. The minimum atomic E-state index is -3.24. The summed E-state index contributed by atoms with van der Waals surface area (Å²) in [5, 5.41) is 0. The molecule has 0 saturated carbocycles. The van der Waals surface area contributed by atoms with Gasteiger partial charge in [0.25, 0.3) is 0 Å². The summed E-state index contributed by atoms with van der Waals surface area (Å²) in [4.78, 5) is 5.99. The van der Waals surface area contributed by atoms with E-state index in [-0.39, 0.29) is 11.6 Å². The first kappa shape index (κ1) is 16.6. The van der Waals surface area contributed by atoms with Gasteiger partial charge in [0.1, 0.15) is 0 Å². The second-order valence-corrected chi connectivity index (χ2v) is 8.36. The molecule has 23 heavy (non-hydrogen) atoms. The van der Waals surface area contributed by atoms with Gasteiger partial charge in [0.2, 0.25) is 10.0 Å². The minimum Gasteiger partial charge on any atom is -0.370 e. The quantitative estimate of drug-likeness (QED) is 0.826. The van der Waals surface area contributed by atoms with Gasteiger partial charge >= 0.3 is 0 Å². The molecular weight excluding hydrogens is 321 g/mol. The number of hydrogen-bond donors (Lipinski definition) is 0. The van der Waals surface area contributed by atoms with Gasteiger partial charge < -0.3 is 9.64 Å². The van der Waals surface area contributed by atoms with Crippen LogP contribution in [0.15, 0.2) is 18.3 Å². The van der Waals surface area contributed by atoms with E-state index < -0.39 is 15.6 Å². The van der Waals surface area contributed by atoms with Crippen molar-refractivity contribution in [1.29, 1.82) is 0 Å². The van der Waals surface area contributed by atoms with Crippen LogP contribution in [0.5, 0.6) is 0 Å². The van der Waals surface area contributed by atoms with Crippen molar-refractivity contribution in [3.63, 3.8) is 0 Å². The third-order valence-corrected chi connectivity index (χ3v) is 6.38. The molecule has 3 heterocycles. The molecule has 2 fully saturated rings. The van der Waals surface area contributed by atoms with Gasteiger partial charge in [-0.1, -0.05) is 0 Å². The number of anilines is 1. The highest BCUT2D eigenvalue weighted by atomic mass is 32.2. The fourth-order valence-electron chi connectivity index (χ4n) is 3.37. The lowest BCUT2D eigenvalue weighted by molar-refractivity contribution is -0.0951. The largest absolute Gasteiger partial charge is 0.370 e. The number of hydrogen-bond acceptors (Lipinski definition) is 5. The van der Waals surface area contributed by atoms with Gasteiger partial charge in [0, 0.05) is 32.4 Å². The molecule has 1 atom stereocenters. The Bertz CT molecular complexity index is 666. The summed E-state index contributed by atoms with van der Waals surface area (Å²) in [6, 6.07) is 2.95. The van der Waals surface area contributed by atoms with E-state index >= 15 is 0 Å². The summed E-state index contributed by atoms with van der Waals surface area (Å²) in [7, 11) is -3.24. The second kappa shape index (κ2) is 6.33. The lowest BCUT2D eigenvalue weighted by Gasteiger charge is -2.47. The Labute approximate surface area is 136 Å². The Hall–Kier alpha value is -1.25. The maximum Gasteiger partial charge on any atom is 0.214 e. The van der Waals surface area contributed by atoms with E-state index in [1.807, 2.05) is 4.90 Å². The molecule has 1 unspecified atom stereocenters. The maximum atomic E-state index is 14.0. The van der Waals surface area contributed by atoms with Gasteiger partial charge in [-0.3, -0.25) is 0 Å². The fraction of sp³-hybridized carbons (Fsp3) is 0.667. The summed E-state index contributed by atoms with van der Waals surface area (Å²) in [5.41, 5.74) is -0.581. The van der Waals surface area contributed by atoms with E-state index in [0.29, 0.717) is 38.6 Å². The lowest BCUT2D eigenvalue weighted by atomic mass is 9.91. The van der Waals surface area contributed by atoms with E-state index in [1.165, 1.54) is 10.4 Å². The zero-order valence-corrected chi connectivity index (χ0v) is 14.1. The van der Waals surface area contributed by atoms with Crippen molar-refractivity contribution in [2.24, 2.45) is 0 Å². The van der Waals surface area contributed by atoms with Gasteiger partial charge in [-0.05, 0) is 31.9 Å². The lowest BCUT2D eigenvalue weighted by Crippen LogP contribution is -2.61. The van der Waals surface area contributed by atoms with Crippen LogP contribution < -0.4 is 4.90 Å². The Kier molecular flexibility index (Phi) is 4.57. The molecule has 2 aliphatic heterocycles. The zero-order valence-electron chi connectivity index (χ0n) is 13.2. The Morgan fingerprint density at radius 1 is 1.39 bits per heavy atom. The van der Waals surface area contributed by atoms with E-state index in [9.17, 15) is 12.8 Å². The predicted octanol–water partition coefficient (Wildman–Crippen LogP) is 1.24. The van der Waals surface area contributed by atoms with Crippen LogP contribution in [0.2, 0.25) is 0 Å². The number of ether oxygens (including phenoxy) is 1. The number of pyridine rings is 1. The van der Waals surface area contributed by atoms with Crippen LogP contribution in [-0.2, 0) is 14.8 Å². The molecule has 0 aromatic carbocycles. The molecule has 0 aliphatic carbocycles. The molecule has 1 aromatic heterocycles. The molecule has 0 amide bonds. The number of rotatable bonds is 3. The topological polar surface area (TPSA) is 62.7 Å². The van der Waals surface area contributed by atoms with Gasteiger partial charge in [-0.15, -0.1) is 0 Å². The predicted molar refractivity (Wildman–Crippen MR) is 85.4 cm³/mol. The minimum absolute atomic E-state index is 0.0850. The monoisotopic (exact) mass is 343 g/mol. The van der Waals surface area contributed by atoms with Crippen molar-refractivity contribution in [1.82, 2.24) is 9.29 Å². The van der Waals surface area contributed by atoms with Crippen molar-refractivity contribution in [2.45, 2.75) is 25.4 Å². The molecule has 128 valence electrons. The molecule has 2 saturated heterocycles. The third-order valence-electron chi connectivity index (χ3n) is 4.55. The van der Waals surface area contributed by atoms with Gasteiger partial charge in [-0.2, -0.15) is 4.31 Å². The fourth-order valence-corrected chi connectivity index (χ4v) is 4.52. The highest BCUT2D eigenvalue weighted by Gasteiger charge is 2.43. The SMILES string of the molecule is CCS(=O)(=O)N1CCOC2(CCCN(c3ncccc3F)C2)C1. The molecule has 8 heteroatoms. The molecule has 6 nitrogen and oxygen atoms in total. The normalized spacial score (nSPS) is 26.6. The first-order valence-electron chi connectivity index (χ1n) is 7.93. The van der Waals surface area contributed by atoms with Crippen LogP contribution in [0.25, 0.3) is 0 Å². The summed E-state index contributed by atoms with van der Waals surface area (Å²) in [6.07, 6.45) is 3.15. The van der Waals surface area contributed by atoms with Crippen molar-refractivity contribution >= 4 is 15.8 Å². The van der Waals surface area contributed by atoms with E-state index in [1.54, 1.807) is 19.2 Å². The standard InChI is InChI=1S/C15H22FN3O3S/c1-2-23(20,21)19-9-10-22-15(12-19)6-4-8-18(11-15)14-13(16)5-3-7-17-14/h3,5,7H,2,4,6,8-12H2,1H3. The highest BCUT2D eigenvalue weighted by molar-refractivity contribution is 7.89. The summed E-state index contributed by atoms with van der Waals surface area (Å²) >= 11 is 0. The molecular formula is C15H22FN3O3S. The van der Waals surface area contributed by atoms with Gasteiger partial charge in [0.05, 0.1) is 18.0 Å². The van der Waals surface area contributed by atoms with Crippen LogP contribution in [0, 0.1) is 5.82 Å². The molecule has 0 N–H and O–H groups in total. The summed E-state index contributed by atoms with van der Waals surface area (Å²) in [5.74, 6) is 0.0332. The maximum absolute atomic E-state index is 14.0. The first-order valence-corrected chi connectivity index (χ1v) is 9.54. The van der Waals surface area contributed by atoms with Gasteiger partial charge in [-0.25, -0.2) is 17.8 Å². The number of aromatic nitrogens is 1. The van der Waals surface area contributed by atoms with Crippen LogP contribution in [-0.4, -0.2) is 61.8 Å². The number of sulfonamides is 1. The first-order chi connectivity index (χ1) is 11.0. The third kappa shape index (κ3) is 3.34. The number of morpholine rings is 1. The van der Waals surface area contributed by atoms with E-state index in [4.69, 9.17) is 4.74 Å². The van der Waals surface area contributed by atoms with Gasteiger partial charge in [0.15, 0.2) is 11.6 Å². The smallest absolute Gasteiger partial charge is 0.214 e. The summed E-state index contributed by atoms with van der Waals surface area (Å²) < 4.78 is 45.8. The van der Waals surface area contributed by atoms with Crippen LogP contribution in [0.3, 0.4) is 0 Å². The van der Waals surface area contributed by atoms with Crippen molar-refractivity contribution in [3.8, 4) is 0 Å². The van der Waals surface area contributed by atoms with E-state index in [2.05, 4.69) is 4.98 Å². The zero-order chi connectivity index (χ0) is 16.5. The molecule has 0 bridgehead atoms. The Balaban J connectivity index is 1.81. The molecule has 3 rings (SSSR count). The molecule has 0 radical (unpaired) electrons. The van der Waals surface area contributed by atoms with Crippen molar-refractivity contribution in [2.75, 3.05) is 43.4 Å². The van der Waals surface area contributed by atoms with Crippen molar-refractivity contribution < 1.29 is 17.5 Å². The van der Waals surface area contributed by atoms with Crippen molar-refractivity contribution in [3.05, 3.63) is 24.1 Å². The van der Waals surface area contributed by atoms with Crippen LogP contribution >= 0.6 is 0 Å². The van der Waals surface area contributed by atoms with Crippen LogP contribution in [0.4, 0.5) is 10.2 Å². The number of halogens is 1. The van der Waals surface area contributed by atoms with E-state index in [0.717, 1.165) is 12.8 Å². The molecule has 1 aromatic rings. The molecule has 2 aliphatic rings. The number of piperidine rings is 1. The average molecular weight is 343 g/mol. The Morgan fingerprint density at radius 3 is 2.96 bits per heavy atom. The Morgan fingerprint density at radius 2 is 2.22 bits per heavy atom. The molecule has 1 spiro atoms.